The molecule has 0 aromatic carbocycles. The van der Waals surface area contributed by atoms with Crippen LogP contribution in [0.3, 0.4) is 0 Å². The van der Waals surface area contributed by atoms with Crippen LogP contribution in [0.5, 0.6) is 0 Å². The first-order chi connectivity index (χ1) is 8.65. The van der Waals surface area contributed by atoms with Crippen LogP contribution >= 0.6 is 0 Å². The van der Waals surface area contributed by atoms with Gasteiger partial charge in [-0.05, 0) is 44.2 Å². The van der Waals surface area contributed by atoms with E-state index in [-0.39, 0.29) is 0 Å². The molecule has 0 atom stereocenters. The average Bonchev–Trinajstić information content (AvgIpc) is 2.66. The van der Waals surface area contributed by atoms with E-state index in [0.29, 0.717) is 5.41 Å². The zero-order chi connectivity index (χ0) is 13.0. The molecule has 18 heavy (non-hydrogen) atoms. The van der Waals surface area contributed by atoms with Gasteiger partial charge in [-0.15, -0.1) is 0 Å². The lowest BCUT2D eigenvalue weighted by atomic mass is 9.76. The Labute approximate surface area is 110 Å². The zero-order valence-electron chi connectivity index (χ0n) is 11.8. The Bertz CT molecular complexity index is 380. The summed E-state index contributed by atoms with van der Waals surface area (Å²) in [5, 5.41) is 7.97. The van der Waals surface area contributed by atoms with E-state index in [9.17, 15) is 0 Å². The van der Waals surface area contributed by atoms with Crippen molar-refractivity contribution in [1.82, 2.24) is 15.1 Å². The van der Waals surface area contributed by atoms with Gasteiger partial charge in [0.1, 0.15) is 0 Å². The lowest BCUT2D eigenvalue weighted by Crippen LogP contribution is -2.41. The summed E-state index contributed by atoms with van der Waals surface area (Å²) in [6.07, 6.45) is 3.38. The third-order valence-electron chi connectivity index (χ3n) is 3.96. The molecule has 0 spiro atoms. The molecule has 0 amide bonds. The third kappa shape index (κ3) is 3.12. The average molecular weight is 251 g/mol. The van der Waals surface area contributed by atoms with Crippen LogP contribution in [0.2, 0.25) is 0 Å². The number of hydrogen-bond donors (Lipinski definition) is 1. The van der Waals surface area contributed by atoms with E-state index in [0.717, 1.165) is 51.3 Å². The molecule has 4 nitrogen and oxygen atoms in total. The second-order valence-electron chi connectivity index (χ2n) is 5.47. The summed E-state index contributed by atoms with van der Waals surface area (Å²) in [7, 11) is 2.04. The smallest absolute Gasteiger partial charge is 0.0596 e. The highest BCUT2D eigenvalue weighted by atomic mass is 16.5. The Morgan fingerprint density at radius 1 is 1.44 bits per heavy atom. The minimum Gasteiger partial charge on any atom is -0.381 e. The minimum atomic E-state index is 0.342. The summed E-state index contributed by atoms with van der Waals surface area (Å²) in [5.74, 6) is 0. The van der Waals surface area contributed by atoms with E-state index in [1.54, 1.807) is 0 Å². The third-order valence-corrected chi connectivity index (χ3v) is 3.96. The first-order valence-electron chi connectivity index (χ1n) is 6.93. The number of ether oxygens (including phenoxy) is 1. The van der Waals surface area contributed by atoms with E-state index < -0.39 is 0 Å². The first-order valence-corrected chi connectivity index (χ1v) is 6.93. The van der Waals surface area contributed by atoms with Gasteiger partial charge in [-0.1, -0.05) is 6.92 Å². The molecule has 1 saturated heterocycles. The Hall–Kier alpha value is -0.870. The van der Waals surface area contributed by atoms with Crippen LogP contribution in [0.25, 0.3) is 0 Å². The highest BCUT2D eigenvalue weighted by molar-refractivity contribution is 5.11. The van der Waals surface area contributed by atoms with Crippen molar-refractivity contribution in [3.8, 4) is 0 Å². The molecular formula is C14H25N3O. The largest absolute Gasteiger partial charge is 0.381 e. The molecule has 2 rings (SSSR count). The fourth-order valence-electron chi connectivity index (χ4n) is 2.82. The van der Waals surface area contributed by atoms with Crippen molar-refractivity contribution in [3.63, 3.8) is 0 Å². The van der Waals surface area contributed by atoms with Crippen molar-refractivity contribution in [3.05, 3.63) is 17.5 Å². The standard InChI is InChI=1S/C14H25N3O/c1-4-15-11-14(5-7-18-8-6-14)10-13-9-12(2)16-17(13)3/h9,15H,4-8,10-11H2,1-3H3. The van der Waals surface area contributed by atoms with Crippen LogP contribution in [0, 0.1) is 12.3 Å². The van der Waals surface area contributed by atoms with Gasteiger partial charge < -0.3 is 10.1 Å². The second-order valence-corrected chi connectivity index (χ2v) is 5.47. The van der Waals surface area contributed by atoms with Crippen LogP contribution in [0.4, 0.5) is 0 Å². The molecule has 1 aromatic heterocycles. The molecule has 0 radical (unpaired) electrons. The van der Waals surface area contributed by atoms with Crippen molar-refractivity contribution in [2.45, 2.75) is 33.1 Å². The zero-order valence-corrected chi connectivity index (χ0v) is 11.8. The predicted octanol–water partition coefficient (Wildman–Crippen LogP) is 1.68. The molecule has 102 valence electrons. The normalized spacial score (nSPS) is 19.1. The van der Waals surface area contributed by atoms with Gasteiger partial charge in [0.15, 0.2) is 0 Å². The fourth-order valence-corrected chi connectivity index (χ4v) is 2.82. The quantitative estimate of drug-likeness (QED) is 0.865. The Morgan fingerprint density at radius 2 is 2.17 bits per heavy atom. The monoisotopic (exact) mass is 251 g/mol. The van der Waals surface area contributed by atoms with Crippen molar-refractivity contribution >= 4 is 0 Å². The summed E-state index contributed by atoms with van der Waals surface area (Å²) >= 11 is 0. The van der Waals surface area contributed by atoms with E-state index in [4.69, 9.17) is 4.74 Å². The van der Waals surface area contributed by atoms with Gasteiger partial charge >= 0.3 is 0 Å². The van der Waals surface area contributed by atoms with Crippen LogP contribution in [-0.4, -0.2) is 36.1 Å². The fraction of sp³-hybridized carbons (Fsp3) is 0.786. The second kappa shape index (κ2) is 5.85. The maximum atomic E-state index is 5.53. The van der Waals surface area contributed by atoms with Crippen LogP contribution < -0.4 is 5.32 Å². The molecule has 0 aliphatic carbocycles. The molecule has 2 heterocycles. The molecular weight excluding hydrogens is 226 g/mol. The van der Waals surface area contributed by atoms with Crippen LogP contribution in [-0.2, 0) is 18.2 Å². The summed E-state index contributed by atoms with van der Waals surface area (Å²) in [6.45, 7) is 8.13. The van der Waals surface area contributed by atoms with Crippen LogP contribution in [0.15, 0.2) is 6.07 Å². The summed E-state index contributed by atoms with van der Waals surface area (Å²) < 4.78 is 7.55. The molecule has 1 aliphatic heterocycles. The number of hydrogen-bond acceptors (Lipinski definition) is 3. The maximum Gasteiger partial charge on any atom is 0.0596 e. The topological polar surface area (TPSA) is 39.1 Å². The summed E-state index contributed by atoms with van der Waals surface area (Å²) in [5.41, 5.74) is 2.79. The molecule has 0 bridgehead atoms. The highest BCUT2D eigenvalue weighted by Gasteiger charge is 2.33. The summed E-state index contributed by atoms with van der Waals surface area (Å²) in [6, 6.07) is 2.21. The highest BCUT2D eigenvalue weighted by Crippen LogP contribution is 2.33. The molecule has 0 unspecified atom stereocenters. The van der Waals surface area contributed by atoms with Gasteiger partial charge in [-0.2, -0.15) is 5.10 Å². The van der Waals surface area contributed by atoms with Gasteiger partial charge in [0.25, 0.3) is 0 Å². The first kappa shape index (κ1) is 13.6. The van der Waals surface area contributed by atoms with Gasteiger partial charge in [0.2, 0.25) is 0 Å². The van der Waals surface area contributed by atoms with Crippen LogP contribution in [0.1, 0.15) is 31.2 Å². The van der Waals surface area contributed by atoms with E-state index in [1.807, 2.05) is 11.7 Å². The number of nitrogens with one attached hydrogen (secondary N) is 1. The van der Waals surface area contributed by atoms with E-state index in [1.165, 1.54) is 5.69 Å². The lowest BCUT2D eigenvalue weighted by Gasteiger charge is -2.37. The van der Waals surface area contributed by atoms with E-state index >= 15 is 0 Å². The molecule has 1 aromatic rings. The molecule has 1 aliphatic rings. The van der Waals surface area contributed by atoms with E-state index in [2.05, 4.69) is 30.3 Å². The molecule has 4 heteroatoms. The Morgan fingerprint density at radius 3 is 2.72 bits per heavy atom. The van der Waals surface area contributed by atoms with Crippen molar-refractivity contribution in [2.24, 2.45) is 12.5 Å². The molecule has 1 fully saturated rings. The van der Waals surface area contributed by atoms with Crippen molar-refractivity contribution in [1.29, 1.82) is 0 Å². The molecule has 0 saturated carbocycles. The van der Waals surface area contributed by atoms with Gasteiger partial charge in [0, 0.05) is 32.5 Å². The predicted molar refractivity (Wildman–Crippen MR) is 72.7 cm³/mol. The van der Waals surface area contributed by atoms with Crippen molar-refractivity contribution in [2.75, 3.05) is 26.3 Å². The number of aromatic nitrogens is 2. The SMILES string of the molecule is CCNCC1(Cc2cc(C)nn2C)CCOCC1. The van der Waals surface area contributed by atoms with Gasteiger partial charge in [-0.25, -0.2) is 0 Å². The minimum absolute atomic E-state index is 0.342. The van der Waals surface area contributed by atoms with Gasteiger partial charge in [0.05, 0.1) is 5.69 Å². The van der Waals surface area contributed by atoms with Crippen molar-refractivity contribution < 1.29 is 4.74 Å². The Balaban J connectivity index is 2.11. The number of rotatable bonds is 5. The summed E-state index contributed by atoms with van der Waals surface area (Å²) in [4.78, 5) is 0. The number of aryl methyl sites for hydroxylation is 2. The lowest BCUT2D eigenvalue weighted by molar-refractivity contribution is 0.0143. The maximum absolute atomic E-state index is 5.53. The molecule has 1 N–H and O–H groups in total. The number of nitrogens with zero attached hydrogens (tertiary/aromatic N) is 2. The Kier molecular flexibility index (Phi) is 4.40. The van der Waals surface area contributed by atoms with Gasteiger partial charge in [-0.3, -0.25) is 4.68 Å².